The summed E-state index contributed by atoms with van der Waals surface area (Å²) in [6, 6.07) is 7.26. The summed E-state index contributed by atoms with van der Waals surface area (Å²) in [7, 11) is 0. The molecule has 3 heterocycles. The number of hydrogen-bond acceptors (Lipinski definition) is 3. The molecule has 2 aliphatic rings. The molecule has 3 aromatic rings. The zero-order valence-corrected chi connectivity index (χ0v) is 20.1. The number of likely N-dealkylation sites (tertiary alicyclic amines) is 1. The SMILES string of the molecule is Cc1c(C=C2CCN(C(=O)C3CCCC3)CC2)cc(Cl)cc1NC(=O)c1ccn2ccnc2c1. The first-order valence-electron chi connectivity index (χ1n) is 12.0. The van der Waals surface area contributed by atoms with Crippen LogP contribution in [0.2, 0.25) is 5.02 Å². The average molecular weight is 477 g/mol. The fourth-order valence-corrected chi connectivity index (χ4v) is 5.26. The van der Waals surface area contributed by atoms with Gasteiger partial charge in [-0.05, 0) is 68.0 Å². The lowest BCUT2D eigenvalue weighted by atomic mass is 9.96. The van der Waals surface area contributed by atoms with Crippen LogP contribution in [0, 0.1) is 12.8 Å². The Morgan fingerprint density at radius 3 is 2.65 bits per heavy atom. The van der Waals surface area contributed by atoms with Gasteiger partial charge in [-0.25, -0.2) is 4.98 Å². The Balaban J connectivity index is 1.29. The number of halogens is 1. The summed E-state index contributed by atoms with van der Waals surface area (Å²) in [5.41, 5.74) is 5.23. The number of benzene rings is 1. The average Bonchev–Trinajstić information content (AvgIpc) is 3.54. The summed E-state index contributed by atoms with van der Waals surface area (Å²) in [6.45, 7) is 3.55. The van der Waals surface area contributed by atoms with Crippen LogP contribution in [0.15, 0.2) is 48.4 Å². The fraction of sp³-hybridized carbons (Fsp3) is 0.370. The van der Waals surface area contributed by atoms with Crippen LogP contribution in [0.4, 0.5) is 5.69 Å². The number of pyridine rings is 1. The van der Waals surface area contributed by atoms with Gasteiger partial charge in [0.1, 0.15) is 5.65 Å². The maximum absolute atomic E-state index is 12.9. The molecule has 2 aromatic heterocycles. The molecule has 0 atom stereocenters. The van der Waals surface area contributed by atoms with Crippen molar-refractivity contribution in [3.63, 3.8) is 0 Å². The monoisotopic (exact) mass is 476 g/mol. The second-order valence-corrected chi connectivity index (χ2v) is 9.78. The third-order valence-electron chi connectivity index (χ3n) is 7.10. The van der Waals surface area contributed by atoms with Crippen molar-refractivity contribution >= 4 is 40.8 Å². The summed E-state index contributed by atoms with van der Waals surface area (Å²) < 4.78 is 1.86. The van der Waals surface area contributed by atoms with Gasteiger partial charge >= 0.3 is 0 Å². The quantitative estimate of drug-likeness (QED) is 0.521. The van der Waals surface area contributed by atoms with E-state index in [0.29, 0.717) is 22.2 Å². The first-order valence-corrected chi connectivity index (χ1v) is 12.4. The summed E-state index contributed by atoms with van der Waals surface area (Å²) in [5, 5.41) is 3.59. The number of nitrogens with zero attached hydrogens (tertiary/aromatic N) is 3. The molecule has 6 nitrogen and oxygen atoms in total. The second-order valence-electron chi connectivity index (χ2n) is 9.34. The highest BCUT2D eigenvalue weighted by Crippen LogP contribution is 2.31. The molecule has 1 aliphatic carbocycles. The van der Waals surface area contributed by atoms with Gasteiger partial charge in [-0.1, -0.05) is 36.1 Å². The minimum absolute atomic E-state index is 0.201. The van der Waals surface area contributed by atoms with Crippen molar-refractivity contribution in [1.82, 2.24) is 14.3 Å². The Hall–Kier alpha value is -3.12. The zero-order valence-electron chi connectivity index (χ0n) is 19.4. The Morgan fingerprint density at radius 2 is 1.88 bits per heavy atom. The summed E-state index contributed by atoms with van der Waals surface area (Å²) in [5.74, 6) is 0.378. The van der Waals surface area contributed by atoms with Crippen molar-refractivity contribution in [1.29, 1.82) is 0 Å². The summed E-state index contributed by atoms with van der Waals surface area (Å²) >= 11 is 6.42. The lowest BCUT2D eigenvalue weighted by Gasteiger charge is -2.30. The first-order chi connectivity index (χ1) is 16.5. The number of imidazole rings is 1. The molecule has 0 spiro atoms. The van der Waals surface area contributed by atoms with Gasteiger partial charge in [-0.3, -0.25) is 9.59 Å². The van der Waals surface area contributed by atoms with Crippen molar-refractivity contribution in [2.24, 2.45) is 5.92 Å². The number of hydrogen-bond donors (Lipinski definition) is 1. The molecule has 1 N–H and O–H groups in total. The molecule has 34 heavy (non-hydrogen) atoms. The Kier molecular flexibility index (Phi) is 6.42. The third kappa shape index (κ3) is 4.73. The molecule has 1 aromatic carbocycles. The van der Waals surface area contributed by atoms with E-state index in [2.05, 4.69) is 16.4 Å². The van der Waals surface area contributed by atoms with Gasteiger partial charge in [-0.2, -0.15) is 0 Å². The van der Waals surface area contributed by atoms with Gasteiger partial charge in [0.25, 0.3) is 5.91 Å². The van der Waals surface area contributed by atoms with Crippen LogP contribution in [0.3, 0.4) is 0 Å². The molecule has 2 amide bonds. The predicted octanol–water partition coefficient (Wildman–Crippen LogP) is 5.74. The molecular formula is C27H29ClN4O2. The number of piperidine rings is 1. The number of carbonyl (C=O) groups excluding carboxylic acids is 2. The van der Waals surface area contributed by atoms with Gasteiger partial charge in [0.15, 0.2) is 0 Å². The van der Waals surface area contributed by atoms with Crippen LogP contribution in [-0.4, -0.2) is 39.2 Å². The van der Waals surface area contributed by atoms with Crippen LogP contribution >= 0.6 is 11.6 Å². The maximum Gasteiger partial charge on any atom is 0.255 e. The number of amides is 2. The number of rotatable bonds is 4. The normalized spacial score (nSPS) is 16.8. The topological polar surface area (TPSA) is 66.7 Å². The molecule has 5 rings (SSSR count). The van der Waals surface area contributed by atoms with Gasteiger partial charge < -0.3 is 14.6 Å². The van der Waals surface area contributed by atoms with Crippen LogP contribution < -0.4 is 5.32 Å². The summed E-state index contributed by atoms with van der Waals surface area (Å²) in [4.78, 5) is 31.9. The molecule has 1 aliphatic heterocycles. The lowest BCUT2D eigenvalue weighted by molar-refractivity contribution is -0.135. The second kappa shape index (κ2) is 9.63. The Bertz CT molecular complexity index is 1260. The van der Waals surface area contributed by atoms with Gasteiger partial charge in [0.2, 0.25) is 5.91 Å². The molecule has 2 fully saturated rings. The molecule has 7 heteroatoms. The number of aromatic nitrogens is 2. The van der Waals surface area contributed by atoms with E-state index in [9.17, 15) is 9.59 Å². The van der Waals surface area contributed by atoms with E-state index in [-0.39, 0.29) is 11.8 Å². The minimum atomic E-state index is -0.201. The van der Waals surface area contributed by atoms with Crippen molar-refractivity contribution < 1.29 is 9.59 Å². The van der Waals surface area contributed by atoms with Crippen LogP contribution in [0.25, 0.3) is 11.7 Å². The van der Waals surface area contributed by atoms with E-state index in [1.165, 1.54) is 18.4 Å². The summed E-state index contributed by atoms with van der Waals surface area (Å²) in [6.07, 6.45) is 13.7. The number of anilines is 1. The molecular weight excluding hydrogens is 448 g/mol. The van der Waals surface area contributed by atoms with Crippen LogP contribution in [0.1, 0.15) is 60.0 Å². The van der Waals surface area contributed by atoms with E-state index >= 15 is 0 Å². The van der Waals surface area contributed by atoms with E-state index < -0.39 is 0 Å². The van der Waals surface area contributed by atoms with E-state index in [4.69, 9.17) is 11.6 Å². The van der Waals surface area contributed by atoms with Gasteiger partial charge in [0.05, 0.1) is 0 Å². The number of nitrogens with one attached hydrogen (secondary N) is 1. The molecule has 176 valence electrons. The molecule has 0 radical (unpaired) electrons. The Labute approximate surface area is 204 Å². The van der Waals surface area contributed by atoms with Crippen molar-refractivity contribution in [2.45, 2.75) is 45.4 Å². The highest BCUT2D eigenvalue weighted by Gasteiger charge is 2.28. The van der Waals surface area contributed by atoms with E-state index in [1.54, 1.807) is 24.4 Å². The van der Waals surface area contributed by atoms with Crippen LogP contribution in [0.5, 0.6) is 0 Å². The first kappa shape index (κ1) is 22.7. The van der Waals surface area contributed by atoms with Gasteiger partial charge in [-0.15, -0.1) is 0 Å². The van der Waals surface area contributed by atoms with Crippen molar-refractivity contribution in [2.75, 3.05) is 18.4 Å². The maximum atomic E-state index is 12.9. The van der Waals surface area contributed by atoms with Crippen molar-refractivity contribution in [3.8, 4) is 0 Å². The smallest absolute Gasteiger partial charge is 0.255 e. The molecule has 1 saturated carbocycles. The molecule has 0 bridgehead atoms. The minimum Gasteiger partial charge on any atom is -0.342 e. The highest BCUT2D eigenvalue weighted by molar-refractivity contribution is 6.31. The standard InChI is InChI=1S/C27H29ClN4O2/c1-18-22(14-19-6-10-32(11-7-19)27(34)20-4-2-3-5-20)15-23(28)17-24(18)30-26(33)21-8-12-31-13-9-29-25(31)16-21/h8-9,12-17,20H,2-7,10-11H2,1H3,(H,30,33). The molecule has 0 unspecified atom stereocenters. The predicted molar refractivity (Wildman–Crippen MR) is 135 cm³/mol. The van der Waals surface area contributed by atoms with Gasteiger partial charge in [0, 0.05) is 53.9 Å². The number of fused-ring (bicyclic) bond motifs is 1. The number of carbonyl (C=O) groups is 2. The van der Waals surface area contributed by atoms with Crippen LogP contribution in [-0.2, 0) is 4.79 Å². The van der Waals surface area contributed by atoms with E-state index in [1.807, 2.05) is 34.7 Å². The fourth-order valence-electron chi connectivity index (χ4n) is 5.04. The zero-order chi connectivity index (χ0) is 23.7. The Morgan fingerprint density at radius 1 is 1.12 bits per heavy atom. The lowest BCUT2D eigenvalue weighted by Crippen LogP contribution is -2.39. The van der Waals surface area contributed by atoms with Crippen molar-refractivity contribution in [3.05, 3.63) is 70.1 Å². The molecule has 1 saturated heterocycles. The van der Waals surface area contributed by atoms with E-state index in [0.717, 1.165) is 55.5 Å². The highest BCUT2D eigenvalue weighted by atomic mass is 35.5. The largest absolute Gasteiger partial charge is 0.342 e. The third-order valence-corrected chi connectivity index (χ3v) is 7.32.